The first-order valence-electron chi connectivity index (χ1n) is 7.39. The van der Waals surface area contributed by atoms with Gasteiger partial charge in [0, 0.05) is 6.54 Å². The van der Waals surface area contributed by atoms with Crippen molar-refractivity contribution in [2.24, 2.45) is 0 Å². The van der Waals surface area contributed by atoms with E-state index in [0.29, 0.717) is 25.4 Å². The van der Waals surface area contributed by atoms with Crippen LogP contribution in [0.25, 0.3) is 10.8 Å². The van der Waals surface area contributed by atoms with Gasteiger partial charge < -0.3 is 15.3 Å². The standard InChI is InChI=1S/C17H22N2O2/c1-3-10-18-17(21)12-19(2)11-15-14-7-5-4-6-13(14)8-9-16(15)20/h4-9,20H,3,10-12H2,1-2H3,(H,18,21)/p+1. The van der Waals surface area contributed by atoms with Crippen molar-refractivity contribution < 1.29 is 14.8 Å². The molecule has 4 heteroatoms. The number of likely N-dealkylation sites (N-methyl/N-ethyl adjacent to an activating group) is 1. The Morgan fingerprint density at radius 3 is 2.76 bits per heavy atom. The van der Waals surface area contributed by atoms with E-state index in [1.165, 1.54) is 0 Å². The van der Waals surface area contributed by atoms with Gasteiger partial charge >= 0.3 is 0 Å². The lowest BCUT2D eigenvalue weighted by Crippen LogP contribution is -3.08. The van der Waals surface area contributed by atoms with E-state index >= 15 is 0 Å². The van der Waals surface area contributed by atoms with Gasteiger partial charge in [-0.25, -0.2) is 0 Å². The zero-order valence-electron chi connectivity index (χ0n) is 12.6. The number of carbonyl (C=O) groups is 1. The Bertz CT molecular complexity index is 625. The number of amides is 1. The normalized spacial score (nSPS) is 12.3. The molecular formula is C17H23N2O2+. The monoisotopic (exact) mass is 287 g/mol. The number of benzene rings is 2. The summed E-state index contributed by atoms with van der Waals surface area (Å²) in [5.41, 5.74) is 0.897. The molecule has 0 aromatic heterocycles. The molecule has 0 aliphatic rings. The zero-order chi connectivity index (χ0) is 15.2. The molecule has 21 heavy (non-hydrogen) atoms. The number of hydrogen-bond donors (Lipinski definition) is 3. The summed E-state index contributed by atoms with van der Waals surface area (Å²) in [5, 5.41) is 15.1. The van der Waals surface area contributed by atoms with Crippen LogP contribution in [0, 0.1) is 0 Å². The predicted octanol–water partition coefficient (Wildman–Crippen LogP) is 1.09. The highest BCUT2D eigenvalue weighted by molar-refractivity contribution is 5.87. The second kappa shape index (κ2) is 7.09. The third-order valence-electron chi connectivity index (χ3n) is 3.53. The number of aromatic hydroxyl groups is 1. The number of carbonyl (C=O) groups excluding carboxylic acids is 1. The second-order valence-corrected chi connectivity index (χ2v) is 5.44. The summed E-state index contributed by atoms with van der Waals surface area (Å²) in [4.78, 5) is 12.8. The van der Waals surface area contributed by atoms with E-state index < -0.39 is 0 Å². The molecule has 2 aromatic rings. The van der Waals surface area contributed by atoms with Crippen molar-refractivity contribution in [2.45, 2.75) is 19.9 Å². The molecule has 0 saturated carbocycles. The van der Waals surface area contributed by atoms with E-state index in [4.69, 9.17) is 0 Å². The number of nitrogens with one attached hydrogen (secondary N) is 2. The van der Waals surface area contributed by atoms with E-state index in [9.17, 15) is 9.90 Å². The van der Waals surface area contributed by atoms with Gasteiger partial charge in [0.1, 0.15) is 12.3 Å². The minimum atomic E-state index is 0.0501. The summed E-state index contributed by atoms with van der Waals surface area (Å²) in [6.45, 7) is 3.77. The number of phenols is 1. The maximum Gasteiger partial charge on any atom is 0.275 e. The summed E-state index contributed by atoms with van der Waals surface area (Å²) < 4.78 is 0. The Balaban J connectivity index is 2.12. The molecular weight excluding hydrogens is 264 g/mol. The molecule has 0 saturated heterocycles. The molecule has 1 atom stereocenters. The van der Waals surface area contributed by atoms with Crippen LogP contribution in [0.1, 0.15) is 18.9 Å². The predicted molar refractivity (Wildman–Crippen MR) is 84.4 cm³/mol. The van der Waals surface area contributed by atoms with E-state index in [-0.39, 0.29) is 5.91 Å². The Hall–Kier alpha value is -2.07. The molecule has 0 bridgehead atoms. The smallest absolute Gasteiger partial charge is 0.275 e. The Morgan fingerprint density at radius 2 is 2.00 bits per heavy atom. The van der Waals surface area contributed by atoms with Crippen molar-refractivity contribution >= 4 is 16.7 Å². The lowest BCUT2D eigenvalue weighted by Gasteiger charge is -2.16. The Kier molecular flexibility index (Phi) is 5.17. The van der Waals surface area contributed by atoms with Crippen molar-refractivity contribution in [3.05, 3.63) is 42.0 Å². The lowest BCUT2D eigenvalue weighted by molar-refractivity contribution is -0.885. The Labute approximate surface area is 125 Å². The first-order valence-corrected chi connectivity index (χ1v) is 7.39. The van der Waals surface area contributed by atoms with Crippen molar-refractivity contribution in [1.82, 2.24) is 5.32 Å². The van der Waals surface area contributed by atoms with Gasteiger partial charge in [0.25, 0.3) is 5.91 Å². The van der Waals surface area contributed by atoms with E-state index in [2.05, 4.69) is 5.32 Å². The number of rotatable bonds is 6. The van der Waals surface area contributed by atoms with E-state index in [1.807, 2.05) is 44.3 Å². The molecule has 0 aliphatic carbocycles. The molecule has 0 radical (unpaired) electrons. The van der Waals surface area contributed by atoms with Crippen molar-refractivity contribution in [3.63, 3.8) is 0 Å². The summed E-state index contributed by atoms with van der Waals surface area (Å²) in [5.74, 6) is 0.344. The molecule has 1 amide bonds. The van der Waals surface area contributed by atoms with Gasteiger partial charge in [0.05, 0.1) is 12.6 Å². The molecule has 0 fully saturated rings. The van der Waals surface area contributed by atoms with Crippen LogP contribution in [0.3, 0.4) is 0 Å². The highest BCUT2D eigenvalue weighted by atomic mass is 16.3. The molecule has 0 aliphatic heterocycles. The van der Waals surface area contributed by atoms with E-state index in [1.54, 1.807) is 6.07 Å². The number of quaternary nitrogens is 1. The third-order valence-corrected chi connectivity index (χ3v) is 3.53. The lowest BCUT2D eigenvalue weighted by atomic mass is 10.0. The number of hydrogen-bond acceptors (Lipinski definition) is 2. The minimum Gasteiger partial charge on any atom is -0.507 e. The molecule has 2 rings (SSSR count). The van der Waals surface area contributed by atoms with Crippen molar-refractivity contribution in [2.75, 3.05) is 20.1 Å². The SMILES string of the molecule is CCCNC(=O)C[NH+](C)Cc1c(O)ccc2ccccc12. The van der Waals surface area contributed by atoms with Gasteiger partial charge in [0.15, 0.2) is 6.54 Å². The topological polar surface area (TPSA) is 53.8 Å². The summed E-state index contributed by atoms with van der Waals surface area (Å²) >= 11 is 0. The fourth-order valence-corrected chi connectivity index (χ4v) is 2.48. The van der Waals surface area contributed by atoms with Gasteiger partial charge in [0.2, 0.25) is 0 Å². The van der Waals surface area contributed by atoms with E-state index in [0.717, 1.165) is 27.7 Å². The van der Waals surface area contributed by atoms with Gasteiger partial charge in [-0.2, -0.15) is 0 Å². The van der Waals surface area contributed by atoms with Gasteiger partial charge in [-0.3, -0.25) is 4.79 Å². The summed E-state index contributed by atoms with van der Waals surface area (Å²) in [6.07, 6.45) is 0.939. The fourth-order valence-electron chi connectivity index (χ4n) is 2.48. The summed E-state index contributed by atoms with van der Waals surface area (Å²) in [6, 6.07) is 11.6. The summed E-state index contributed by atoms with van der Waals surface area (Å²) in [7, 11) is 1.97. The van der Waals surface area contributed by atoms with Gasteiger partial charge in [-0.1, -0.05) is 37.3 Å². The average molecular weight is 287 g/mol. The maximum absolute atomic E-state index is 11.8. The first kappa shape index (κ1) is 15.3. The average Bonchev–Trinajstić information content (AvgIpc) is 2.48. The fraction of sp³-hybridized carbons (Fsp3) is 0.353. The molecule has 4 nitrogen and oxygen atoms in total. The maximum atomic E-state index is 11.8. The molecule has 0 spiro atoms. The highest BCUT2D eigenvalue weighted by Crippen LogP contribution is 2.26. The quantitative estimate of drug-likeness (QED) is 0.745. The second-order valence-electron chi connectivity index (χ2n) is 5.44. The van der Waals surface area contributed by atoms with Crippen molar-refractivity contribution in [1.29, 1.82) is 0 Å². The van der Waals surface area contributed by atoms with Crippen LogP contribution < -0.4 is 10.2 Å². The largest absolute Gasteiger partial charge is 0.507 e. The van der Waals surface area contributed by atoms with Gasteiger partial charge in [-0.05, 0) is 23.3 Å². The van der Waals surface area contributed by atoms with Crippen LogP contribution >= 0.6 is 0 Å². The van der Waals surface area contributed by atoms with Crippen molar-refractivity contribution in [3.8, 4) is 5.75 Å². The molecule has 112 valence electrons. The highest BCUT2D eigenvalue weighted by Gasteiger charge is 2.14. The molecule has 2 aromatic carbocycles. The zero-order valence-corrected chi connectivity index (χ0v) is 12.6. The number of fused-ring (bicyclic) bond motifs is 1. The van der Waals surface area contributed by atoms with Crippen LogP contribution in [0.5, 0.6) is 5.75 Å². The number of phenolic OH excluding ortho intramolecular Hbond substituents is 1. The van der Waals surface area contributed by atoms with Crippen LogP contribution in [0.15, 0.2) is 36.4 Å². The van der Waals surface area contributed by atoms with Crippen LogP contribution in [0.4, 0.5) is 0 Å². The van der Waals surface area contributed by atoms with Crippen LogP contribution in [-0.2, 0) is 11.3 Å². The van der Waals surface area contributed by atoms with Crippen LogP contribution in [0.2, 0.25) is 0 Å². The minimum absolute atomic E-state index is 0.0501. The van der Waals surface area contributed by atoms with Gasteiger partial charge in [-0.15, -0.1) is 0 Å². The van der Waals surface area contributed by atoms with Crippen LogP contribution in [-0.4, -0.2) is 31.2 Å². The molecule has 1 unspecified atom stereocenters. The molecule has 0 heterocycles. The Morgan fingerprint density at radius 1 is 1.24 bits per heavy atom. The third kappa shape index (κ3) is 3.95. The first-order chi connectivity index (χ1) is 10.1. The molecule has 3 N–H and O–H groups in total.